The number of ether oxygens (including phenoxy) is 1. The van der Waals surface area contributed by atoms with Gasteiger partial charge in [0.05, 0.1) is 5.02 Å². The van der Waals surface area contributed by atoms with Crippen LogP contribution in [0, 0.1) is 0 Å². The van der Waals surface area contributed by atoms with Crippen molar-refractivity contribution in [3.05, 3.63) is 21.3 Å². The van der Waals surface area contributed by atoms with Crippen molar-refractivity contribution in [1.82, 2.24) is 5.32 Å². The molecule has 1 atom stereocenters. The Hall–Kier alpha value is -0.0900. The van der Waals surface area contributed by atoms with Crippen molar-refractivity contribution in [1.29, 1.82) is 0 Å². The Bertz CT molecular complexity index is 290. The Kier molecular flexibility index (Phi) is 7.05. The summed E-state index contributed by atoms with van der Waals surface area (Å²) in [4.78, 5) is 1.23. The Morgan fingerprint density at radius 2 is 2.31 bits per heavy atom. The van der Waals surface area contributed by atoms with E-state index in [1.54, 1.807) is 11.3 Å². The molecule has 16 heavy (non-hydrogen) atoms. The van der Waals surface area contributed by atoms with Crippen LogP contribution in [0.2, 0.25) is 5.02 Å². The van der Waals surface area contributed by atoms with E-state index in [0.717, 1.165) is 37.6 Å². The summed E-state index contributed by atoms with van der Waals surface area (Å²) < 4.78 is 5.40. The summed E-state index contributed by atoms with van der Waals surface area (Å²) in [6.45, 7) is 6.77. The molecule has 0 aliphatic rings. The molecule has 92 valence electrons. The summed E-state index contributed by atoms with van der Waals surface area (Å²) >= 11 is 7.87. The van der Waals surface area contributed by atoms with E-state index in [2.05, 4.69) is 12.2 Å². The molecule has 0 amide bonds. The van der Waals surface area contributed by atoms with E-state index in [-0.39, 0.29) is 0 Å². The average Bonchev–Trinajstić information content (AvgIpc) is 2.70. The Morgan fingerprint density at radius 1 is 1.50 bits per heavy atom. The van der Waals surface area contributed by atoms with Crippen LogP contribution in [0.5, 0.6) is 0 Å². The highest BCUT2D eigenvalue weighted by atomic mass is 35.5. The number of hydrogen-bond donors (Lipinski definition) is 1. The van der Waals surface area contributed by atoms with Gasteiger partial charge in [-0.25, -0.2) is 0 Å². The molecule has 1 unspecified atom stereocenters. The van der Waals surface area contributed by atoms with Crippen molar-refractivity contribution in [3.63, 3.8) is 0 Å². The summed E-state index contributed by atoms with van der Waals surface area (Å²) in [6, 6.07) is 2.29. The van der Waals surface area contributed by atoms with Crippen LogP contribution in [0.1, 0.15) is 37.6 Å². The van der Waals surface area contributed by atoms with Crippen LogP contribution in [0.4, 0.5) is 0 Å². The Balaban J connectivity index is 2.53. The maximum Gasteiger partial charge on any atom is 0.0561 e. The fourth-order valence-electron chi connectivity index (χ4n) is 1.54. The third-order valence-electron chi connectivity index (χ3n) is 2.36. The second-order valence-electron chi connectivity index (χ2n) is 3.63. The predicted molar refractivity (Wildman–Crippen MR) is 71.5 cm³/mol. The van der Waals surface area contributed by atoms with Gasteiger partial charge in [-0.15, -0.1) is 11.3 Å². The summed E-state index contributed by atoms with van der Waals surface area (Å²) in [5.41, 5.74) is 0. The van der Waals surface area contributed by atoms with Gasteiger partial charge in [0.1, 0.15) is 0 Å². The van der Waals surface area contributed by atoms with Crippen LogP contribution < -0.4 is 5.32 Å². The fourth-order valence-corrected chi connectivity index (χ4v) is 2.84. The van der Waals surface area contributed by atoms with Gasteiger partial charge >= 0.3 is 0 Å². The molecule has 1 heterocycles. The minimum Gasteiger partial charge on any atom is -0.382 e. The second kappa shape index (κ2) is 8.07. The van der Waals surface area contributed by atoms with E-state index in [0.29, 0.717) is 6.04 Å². The molecule has 1 N–H and O–H groups in total. The van der Waals surface area contributed by atoms with Gasteiger partial charge in [0.15, 0.2) is 0 Å². The summed E-state index contributed by atoms with van der Waals surface area (Å²) in [6.07, 6.45) is 2.11. The van der Waals surface area contributed by atoms with E-state index in [9.17, 15) is 0 Å². The second-order valence-corrected chi connectivity index (χ2v) is 4.98. The van der Waals surface area contributed by atoms with E-state index in [1.165, 1.54) is 4.88 Å². The van der Waals surface area contributed by atoms with Crippen molar-refractivity contribution in [2.45, 2.75) is 32.7 Å². The minimum atomic E-state index is 0.332. The van der Waals surface area contributed by atoms with E-state index in [4.69, 9.17) is 16.3 Å². The molecule has 0 fully saturated rings. The zero-order valence-electron chi connectivity index (χ0n) is 9.96. The monoisotopic (exact) mass is 261 g/mol. The largest absolute Gasteiger partial charge is 0.382 e. The molecule has 2 nitrogen and oxygen atoms in total. The average molecular weight is 262 g/mol. The molecule has 0 saturated heterocycles. The van der Waals surface area contributed by atoms with Crippen molar-refractivity contribution in [2.75, 3.05) is 19.8 Å². The number of halogens is 1. The maximum absolute atomic E-state index is 6.16. The first-order chi connectivity index (χ1) is 7.79. The molecule has 0 aromatic carbocycles. The van der Waals surface area contributed by atoms with Gasteiger partial charge in [-0.1, -0.05) is 18.5 Å². The number of thiophene rings is 1. The molecular weight excluding hydrogens is 242 g/mol. The van der Waals surface area contributed by atoms with Gasteiger partial charge in [-0.2, -0.15) is 0 Å². The number of hydrogen-bond acceptors (Lipinski definition) is 3. The molecule has 0 radical (unpaired) electrons. The van der Waals surface area contributed by atoms with Crippen LogP contribution in [-0.4, -0.2) is 19.8 Å². The molecule has 1 aromatic rings. The number of rotatable bonds is 8. The Labute approximate surface area is 107 Å². The van der Waals surface area contributed by atoms with Crippen molar-refractivity contribution < 1.29 is 4.74 Å². The topological polar surface area (TPSA) is 21.3 Å². The molecule has 0 spiro atoms. The Morgan fingerprint density at radius 3 is 2.88 bits per heavy atom. The highest BCUT2D eigenvalue weighted by Gasteiger charge is 2.15. The van der Waals surface area contributed by atoms with Crippen LogP contribution >= 0.6 is 22.9 Å². The first-order valence-corrected chi connectivity index (χ1v) is 7.09. The van der Waals surface area contributed by atoms with Crippen LogP contribution in [0.3, 0.4) is 0 Å². The van der Waals surface area contributed by atoms with Gasteiger partial charge in [0.25, 0.3) is 0 Å². The van der Waals surface area contributed by atoms with E-state index >= 15 is 0 Å². The minimum absolute atomic E-state index is 0.332. The van der Waals surface area contributed by atoms with Crippen molar-refractivity contribution in [3.8, 4) is 0 Å². The normalized spacial score (nSPS) is 12.9. The van der Waals surface area contributed by atoms with Gasteiger partial charge in [-0.05, 0) is 37.8 Å². The van der Waals surface area contributed by atoms with Crippen molar-refractivity contribution >= 4 is 22.9 Å². The highest BCUT2D eigenvalue weighted by Crippen LogP contribution is 2.30. The number of nitrogens with one attached hydrogen (secondary N) is 1. The van der Waals surface area contributed by atoms with Gasteiger partial charge < -0.3 is 10.1 Å². The molecular formula is C12H20ClNOS. The lowest BCUT2D eigenvalue weighted by molar-refractivity contribution is 0.136. The summed E-state index contributed by atoms with van der Waals surface area (Å²) in [7, 11) is 0. The van der Waals surface area contributed by atoms with E-state index < -0.39 is 0 Å². The van der Waals surface area contributed by atoms with Gasteiger partial charge in [0.2, 0.25) is 0 Å². The standard InChI is InChI=1S/C12H20ClNOS/c1-3-7-14-11(5-8-15-4-2)12-10(13)6-9-16-12/h6,9,11,14H,3-5,7-8H2,1-2H3. The van der Waals surface area contributed by atoms with E-state index in [1.807, 2.05) is 18.4 Å². The lowest BCUT2D eigenvalue weighted by Crippen LogP contribution is -2.23. The molecule has 4 heteroatoms. The maximum atomic E-state index is 6.16. The summed E-state index contributed by atoms with van der Waals surface area (Å²) in [5.74, 6) is 0. The zero-order valence-corrected chi connectivity index (χ0v) is 11.5. The fraction of sp³-hybridized carbons (Fsp3) is 0.667. The molecule has 1 aromatic heterocycles. The molecule has 1 rings (SSSR count). The first-order valence-electron chi connectivity index (χ1n) is 5.83. The third-order valence-corrected chi connectivity index (χ3v) is 3.83. The highest BCUT2D eigenvalue weighted by molar-refractivity contribution is 7.10. The predicted octanol–water partition coefficient (Wildman–Crippen LogP) is 3.87. The quantitative estimate of drug-likeness (QED) is 0.718. The third kappa shape index (κ3) is 4.42. The van der Waals surface area contributed by atoms with Gasteiger partial charge in [0, 0.05) is 24.1 Å². The van der Waals surface area contributed by atoms with Crippen molar-refractivity contribution in [2.24, 2.45) is 0 Å². The van der Waals surface area contributed by atoms with Crippen LogP contribution in [0.15, 0.2) is 11.4 Å². The smallest absolute Gasteiger partial charge is 0.0561 e. The first kappa shape index (κ1) is 14.0. The molecule has 0 aliphatic heterocycles. The van der Waals surface area contributed by atoms with Crippen LogP contribution in [0.25, 0.3) is 0 Å². The lowest BCUT2D eigenvalue weighted by Gasteiger charge is -2.17. The molecule has 0 saturated carbocycles. The molecule has 0 aliphatic carbocycles. The lowest BCUT2D eigenvalue weighted by atomic mass is 10.1. The molecule has 0 bridgehead atoms. The summed E-state index contributed by atoms with van der Waals surface area (Å²) in [5, 5.41) is 6.43. The SMILES string of the molecule is CCCNC(CCOCC)c1sccc1Cl. The zero-order chi connectivity index (χ0) is 11.8. The van der Waals surface area contributed by atoms with Crippen LogP contribution in [-0.2, 0) is 4.74 Å². The van der Waals surface area contributed by atoms with Gasteiger partial charge in [-0.3, -0.25) is 0 Å².